The molecule has 88 valence electrons. The molecular formula is C13H12O2S2. The van der Waals surface area contributed by atoms with Crippen LogP contribution >= 0.6 is 11.3 Å². The summed E-state index contributed by atoms with van der Waals surface area (Å²) in [6.07, 6.45) is 1.62. The highest BCUT2D eigenvalue weighted by atomic mass is 32.2. The molecule has 2 aromatic rings. The number of hydrogen-bond acceptors (Lipinski definition) is 3. The lowest BCUT2D eigenvalue weighted by molar-refractivity contribution is 0.605. The monoisotopic (exact) mass is 264 g/mol. The van der Waals surface area contributed by atoms with Gasteiger partial charge in [0.25, 0.3) is 0 Å². The van der Waals surface area contributed by atoms with Crippen LogP contribution in [0, 0.1) is 6.92 Å². The van der Waals surface area contributed by atoms with Crippen LogP contribution in [0.2, 0.25) is 0 Å². The first-order valence-corrected chi connectivity index (χ1v) is 7.54. The Hall–Kier alpha value is -1.39. The van der Waals surface area contributed by atoms with Crippen molar-refractivity contribution in [3.8, 4) is 0 Å². The van der Waals surface area contributed by atoms with Crippen LogP contribution in [0.3, 0.4) is 0 Å². The molecule has 0 aliphatic carbocycles. The standard InChI is InChI=1S/C13H12O2S2/c1-11-4-6-13(7-5-11)17(14,15)10-8-12-3-2-9-16-12/h2-10H,1H3/b10-8+. The van der Waals surface area contributed by atoms with Gasteiger partial charge in [-0.15, -0.1) is 11.3 Å². The van der Waals surface area contributed by atoms with E-state index in [1.54, 1.807) is 30.3 Å². The minimum atomic E-state index is -3.33. The average molecular weight is 264 g/mol. The van der Waals surface area contributed by atoms with Gasteiger partial charge < -0.3 is 0 Å². The van der Waals surface area contributed by atoms with Crippen LogP contribution in [0.5, 0.6) is 0 Å². The van der Waals surface area contributed by atoms with Crippen molar-refractivity contribution < 1.29 is 8.42 Å². The maximum absolute atomic E-state index is 12.0. The van der Waals surface area contributed by atoms with Crippen LogP contribution in [0.15, 0.2) is 52.1 Å². The molecule has 17 heavy (non-hydrogen) atoms. The van der Waals surface area contributed by atoms with Gasteiger partial charge in [-0.1, -0.05) is 23.8 Å². The molecular weight excluding hydrogens is 252 g/mol. The third-order valence-electron chi connectivity index (χ3n) is 2.30. The van der Waals surface area contributed by atoms with Crippen LogP contribution in [-0.2, 0) is 9.84 Å². The van der Waals surface area contributed by atoms with Gasteiger partial charge in [0.15, 0.2) is 9.84 Å². The Balaban J connectivity index is 2.28. The van der Waals surface area contributed by atoms with Crippen molar-refractivity contribution in [2.45, 2.75) is 11.8 Å². The SMILES string of the molecule is Cc1ccc(S(=O)(=O)/C=C/c2cccs2)cc1. The molecule has 0 amide bonds. The van der Waals surface area contributed by atoms with Crippen LogP contribution in [0.25, 0.3) is 6.08 Å². The molecule has 0 atom stereocenters. The largest absolute Gasteiger partial charge is 0.219 e. The number of hydrogen-bond donors (Lipinski definition) is 0. The van der Waals surface area contributed by atoms with Gasteiger partial charge in [-0.25, -0.2) is 8.42 Å². The quantitative estimate of drug-likeness (QED) is 0.850. The topological polar surface area (TPSA) is 34.1 Å². The zero-order valence-corrected chi connectivity index (χ0v) is 11.0. The third-order valence-corrected chi connectivity index (χ3v) is 4.57. The van der Waals surface area contributed by atoms with Crippen molar-refractivity contribution in [2.75, 3.05) is 0 Å². The highest BCUT2D eigenvalue weighted by Crippen LogP contribution is 2.16. The van der Waals surface area contributed by atoms with E-state index in [1.807, 2.05) is 24.4 Å². The Kier molecular flexibility index (Phi) is 3.45. The van der Waals surface area contributed by atoms with Gasteiger partial charge in [0.05, 0.1) is 4.90 Å². The molecule has 0 unspecified atom stereocenters. The van der Waals surface area contributed by atoms with Gasteiger partial charge in [0, 0.05) is 10.3 Å². The Morgan fingerprint density at radius 1 is 1.12 bits per heavy atom. The first kappa shape index (κ1) is 12.1. The molecule has 0 saturated heterocycles. The first-order valence-electron chi connectivity index (χ1n) is 5.11. The third kappa shape index (κ3) is 3.05. The smallest absolute Gasteiger partial charge is 0.199 e. The lowest BCUT2D eigenvalue weighted by Gasteiger charge is -1.99. The minimum Gasteiger partial charge on any atom is -0.219 e. The van der Waals surface area contributed by atoms with Crippen LogP contribution in [0.4, 0.5) is 0 Å². The number of aryl methyl sites for hydroxylation is 1. The van der Waals surface area contributed by atoms with E-state index in [1.165, 1.54) is 16.7 Å². The Morgan fingerprint density at radius 3 is 2.41 bits per heavy atom. The Labute approximate surface area is 105 Å². The van der Waals surface area contributed by atoms with Gasteiger partial charge in [-0.2, -0.15) is 0 Å². The normalized spacial score (nSPS) is 12.1. The number of sulfone groups is 1. The van der Waals surface area contributed by atoms with Crippen molar-refractivity contribution in [2.24, 2.45) is 0 Å². The summed E-state index contributed by atoms with van der Waals surface area (Å²) >= 11 is 1.51. The molecule has 0 saturated carbocycles. The first-order chi connectivity index (χ1) is 8.08. The van der Waals surface area contributed by atoms with E-state index in [2.05, 4.69) is 0 Å². The summed E-state index contributed by atoms with van der Waals surface area (Å²) in [6.45, 7) is 1.93. The molecule has 2 nitrogen and oxygen atoms in total. The highest BCUT2D eigenvalue weighted by Gasteiger charge is 2.09. The molecule has 1 heterocycles. The summed E-state index contributed by atoms with van der Waals surface area (Å²) in [5.74, 6) is 0. The van der Waals surface area contributed by atoms with Crippen LogP contribution in [0.1, 0.15) is 10.4 Å². The average Bonchev–Trinajstić information content (AvgIpc) is 2.80. The van der Waals surface area contributed by atoms with Crippen molar-refractivity contribution in [3.63, 3.8) is 0 Å². The van der Waals surface area contributed by atoms with Gasteiger partial charge in [-0.3, -0.25) is 0 Å². The molecule has 1 aromatic heterocycles. The summed E-state index contributed by atoms with van der Waals surface area (Å²) in [6, 6.07) is 10.6. The van der Waals surface area contributed by atoms with E-state index in [9.17, 15) is 8.42 Å². The summed E-state index contributed by atoms with van der Waals surface area (Å²) < 4.78 is 23.9. The van der Waals surface area contributed by atoms with Gasteiger partial charge >= 0.3 is 0 Å². The maximum atomic E-state index is 12.0. The second-order valence-corrected chi connectivity index (χ2v) is 6.49. The predicted octanol–water partition coefficient (Wildman–Crippen LogP) is 3.50. The zero-order chi connectivity index (χ0) is 12.3. The molecule has 0 aliphatic rings. The number of rotatable bonds is 3. The molecule has 0 N–H and O–H groups in total. The fourth-order valence-corrected chi connectivity index (χ4v) is 3.05. The second-order valence-electron chi connectivity index (χ2n) is 3.68. The van der Waals surface area contributed by atoms with E-state index in [-0.39, 0.29) is 0 Å². The van der Waals surface area contributed by atoms with Gasteiger partial charge in [0.2, 0.25) is 0 Å². The molecule has 0 spiro atoms. The lowest BCUT2D eigenvalue weighted by Crippen LogP contribution is -1.95. The number of thiophene rings is 1. The maximum Gasteiger partial charge on any atom is 0.199 e. The van der Waals surface area contributed by atoms with Crippen molar-refractivity contribution >= 4 is 27.3 Å². The molecule has 0 aliphatic heterocycles. The van der Waals surface area contributed by atoms with E-state index in [0.717, 1.165) is 10.4 Å². The van der Waals surface area contributed by atoms with E-state index in [0.29, 0.717) is 4.90 Å². The Morgan fingerprint density at radius 2 is 1.82 bits per heavy atom. The van der Waals surface area contributed by atoms with Crippen molar-refractivity contribution in [3.05, 3.63) is 57.6 Å². The van der Waals surface area contributed by atoms with E-state index >= 15 is 0 Å². The predicted molar refractivity (Wildman–Crippen MR) is 71.7 cm³/mol. The molecule has 1 aromatic carbocycles. The molecule has 4 heteroatoms. The Bertz CT molecular complexity index is 606. The zero-order valence-electron chi connectivity index (χ0n) is 9.33. The van der Waals surface area contributed by atoms with Crippen LogP contribution < -0.4 is 0 Å². The van der Waals surface area contributed by atoms with Gasteiger partial charge in [0.1, 0.15) is 0 Å². The fourth-order valence-electron chi connectivity index (χ4n) is 1.35. The number of benzene rings is 1. The van der Waals surface area contributed by atoms with Gasteiger partial charge in [-0.05, 0) is 36.6 Å². The summed E-state index contributed by atoms with van der Waals surface area (Å²) in [5, 5.41) is 3.17. The summed E-state index contributed by atoms with van der Waals surface area (Å²) in [7, 11) is -3.33. The molecule has 0 fully saturated rings. The highest BCUT2D eigenvalue weighted by molar-refractivity contribution is 7.94. The molecule has 0 bridgehead atoms. The minimum absolute atomic E-state index is 0.330. The lowest BCUT2D eigenvalue weighted by atomic mass is 10.2. The molecule has 0 radical (unpaired) electrons. The van der Waals surface area contributed by atoms with Crippen LogP contribution in [-0.4, -0.2) is 8.42 Å². The summed E-state index contributed by atoms with van der Waals surface area (Å²) in [4.78, 5) is 1.26. The molecule has 2 rings (SSSR count). The summed E-state index contributed by atoms with van der Waals surface area (Å²) in [5.41, 5.74) is 1.05. The van der Waals surface area contributed by atoms with Crippen molar-refractivity contribution in [1.82, 2.24) is 0 Å². The fraction of sp³-hybridized carbons (Fsp3) is 0.0769. The van der Waals surface area contributed by atoms with E-state index in [4.69, 9.17) is 0 Å². The second kappa shape index (κ2) is 4.85. The van der Waals surface area contributed by atoms with Crippen molar-refractivity contribution in [1.29, 1.82) is 0 Å². The van der Waals surface area contributed by atoms with E-state index < -0.39 is 9.84 Å².